The van der Waals surface area contributed by atoms with Crippen molar-refractivity contribution in [3.63, 3.8) is 0 Å². The molecule has 8 heteroatoms. The Morgan fingerprint density at radius 3 is 2.18 bits per heavy atom. The number of ether oxygens (including phenoxy) is 1. The molecule has 0 aliphatic heterocycles. The smallest absolute Gasteiger partial charge is 0.310 e. The summed E-state index contributed by atoms with van der Waals surface area (Å²) in [6.07, 6.45) is 2.12. The summed E-state index contributed by atoms with van der Waals surface area (Å²) in [5.41, 5.74) is -2.68. The lowest BCUT2D eigenvalue weighted by atomic mass is 10.0. The molecule has 4 nitrogen and oxygen atoms in total. The first-order chi connectivity index (χ1) is 13.0. The van der Waals surface area contributed by atoms with Crippen molar-refractivity contribution in [1.82, 2.24) is 0 Å². The van der Waals surface area contributed by atoms with E-state index in [1.165, 1.54) is 0 Å². The zero-order valence-corrected chi connectivity index (χ0v) is 15.4. The van der Waals surface area contributed by atoms with Crippen LogP contribution >= 0.6 is 0 Å². The Labute approximate surface area is 159 Å². The number of ketones is 1. The van der Waals surface area contributed by atoms with Crippen LogP contribution in [0.15, 0.2) is 24.3 Å². The van der Waals surface area contributed by atoms with E-state index in [4.69, 9.17) is 10.00 Å². The van der Waals surface area contributed by atoms with Crippen LogP contribution in [0.3, 0.4) is 0 Å². The molecule has 0 N–H and O–H groups in total. The fourth-order valence-electron chi connectivity index (χ4n) is 3.10. The number of nitriles is 1. The molecule has 1 aromatic rings. The minimum atomic E-state index is -1.88. The lowest BCUT2D eigenvalue weighted by molar-refractivity contribution is -0.147. The molecule has 2 unspecified atom stereocenters. The summed E-state index contributed by atoms with van der Waals surface area (Å²) in [7, 11) is 0. The minimum absolute atomic E-state index is 0.310. The molecule has 1 fully saturated rings. The number of nitrogens with zero attached hydrogens (tertiary/aromatic N) is 1. The second-order valence-electron chi connectivity index (χ2n) is 7.07. The summed E-state index contributed by atoms with van der Waals surface area (Å²) in [4.78, 5) is 23.7. The fourth-order valence-corrected chi connectivity index (χ4v) is 3.10. The Bertz CT molecular complexity index is 915. The van der Waals surface area contributed by atoms with Crippen molar-refractivity contribution in [2.75, 3.05) is 0 Å². The molecule has 0 saturated heterocycles. The predicted octanol–water partition coefficient (Wildman–Crippen LogP) is 4.40. The molecule has 0 bridgehead atoms. The summed E-state index contributed by atoms with van der Waals surface area (Å²) >= 11 is 0. The average molecular weight is 395 g/mol. The predicted molar refractivity (Wildman–Crippen MR) is 90.7 cm³/mol. The van der Waals surface area contributed by atoms with Gasteiger partial charge in [0, 0.05) is 5.57 Å². The van der Waals surface area contributed by atoms with Gasteiger partial charge in [0.05, 0.1) is 23.1 Å². The van der Waals surface area contributed by atoms with Crippen LogP contribution in [0.5, 0.6) is 0 Å². The van der Waals surface area contributed by atoms with Gasteiger partial charge in [-0.05, 0) is 24.3 Å². The van der Waals surface area contributed by atoms with Gasteiger partial charge in [0.2, 0.25) is 0 Å². The SMILES string of the molecule is C=CC(=O)c1c(F)c(F)c(COC(=O)C2C(C=C(C)C#N)C2(C)C)c(F)c1F. The van der Waals surface area contributed by atoms with Gasteiger partial charge < -0.3 is 4.74 Å². The van der Waals surface area contributed by atoms with Crippen molar-refractivity contribution in [3.8, 4) is 6.07 Å². The molecule has 0 spiro atoms. The van der Waals surface area contributed by atoms with E-state index < -0.39 is 64.1 Å². The van der Waals surface area contributed by atoms with Gasteiger partial charge in [-0.3, -0.25) is 9.59 Å². The van der Waals surface area contributed by atoms with Crippen LogP contribution in [0.1, 0.15) is 36.7 Å². The second kappa shape index (κ2) is 7.58. The molecule has 28 heavy (non-hydrogen) atoms. The number of rotatable bonds is 6. The number of esters is 1. The van der Waals surface area contributed by atoms with Gasteiger partial charge in [-0.1, -0.05) is 26.5 Å². The number of carbonyl (C=O) groups is 2. The van der Waals surface area contributed by atoms with Crippen molar-refractivity contribution < 1.29 is 31.9 Å². The standard InChI is InChI=1S/C20H17F4NO3/c1-5-12(26)13-17(23)15(21)10(16(22)18(13)24)8-28-19(27)14-11(20(14,3)4)6-9(2)7-25/h5-6,11,14H,1,8H2,2-4H3. The van der Waals surface area contributed by atoms with Crippen molar-refractivity contribution in [3.05, 3.63) is 58.7 Å². The Balaban J connectivity index is 2.24. The summed E-state index contributed by atoms with van der Waals surface area (Å²) in [6, 6.07) is 1.93. The largest absolute Gasteiger partial charge is 0.460 e. The number of hydrogen-bond acceptors (Lipinski definition) is 4. The van der Waals surface area contributed by atoms with Gasteiger partial charge in [0.25, 0.3) is 0 Å². The Morgan fingerprint density at radius 2 is 1.71 bits per heavy atom. The van der Waals surface area contributed by atoms with E-state index in [1.807, 2.05) is 6.07 Å². The Morgan fingerprint density at radius 1 is 1.18 bits per heavy atom. The van der Waals surface area contributed by atoms with Gasteiger partial charge in [-0.2, -0.15) is 5.26 Å². The monoisotopic (exact) mass is 395 g/mol. The minimum Gasteiger partial charge on any atom is -0.460 e. The van der Waals surface area contributed by atoms with Gasteiger partial charge in [-0.15, -0.1) is 0 Å². The summed E-state index contributed by atoms with van der Waals surface area (Å²) < 4.78 is 61.0. The first-order valence-corrected chi connectivity index (χ1v) is 8.25. The van der Waals surface area contributed by atoms with Gasteiger partial charge in [0.1, 0.15) is 6.61 Å². The highest BCUT2D eigenvalue weighted by Crippen LogP contribution is 2.59. The molecular formula is C20H17F4NO3. The van der Waals surface area contributed by atoms with E-state index in [2.05, 4.69) is 6.58 Å². The van der Waals surface area contributed by atoms with Crippen LogP contribution in [0.4, 0.5) is 17.6 Å². The topological polar surface area (TPSA) is 67.2 Å². The molecule has 2 atom stereocenters. The van der Waals surface area contributed by atoms with Crippen LogP contribution < -0.4 is 0 Å². The molecule has 1 saturated carbocycles. The second-order valence-corrected chi connectivity index (χ2v) is 7.07. The highest BCUT2D eigenvalue weighted by atomic mass is 19.2. The maximum absolute atomic E-state index is 14.1. The maximum atomic E-state index is 14.1. The fraction of sp³-hybridized carbons (Fsp3) is 0.350. The first kappa shape index (κ1) is 21.4. The van der Waals surface area contributed by atoms with E-state index >= 15 is 0 Å². The van der Waals surface area contributed by atoms with Crippen molar-refractivity contribution in [2.24, 2.45) is 17.3 Å². The van der Waals surface area contributed by atoms with E-state index in [0.717, 1.165) is 0 Å². The average Bonchev–Trinajstić information content (AvgIpc) is 3.19. The summed E-state index contributed by atoms with van der Waals surface area (Å²) in [6.45, 7) is 7.03. The Hall–Kier alpha value is -2.95. The normalized spacial score (nSPS) is 20.3. The lowest BCUT2D eigenvalue weighted by Gasteiger charge is -2.11. The third-order valence-electron chi connectivity index (χ3n) is 4.92. The van der Waals surface area contributed by atoms with Crippen LogP contribution in [0.2, 0.25) is 0 Å². The number of hydrogen-bond donors (Lipinski definition) is 0. The molecule has 148 valence electrons. The van der Waals surface area contributed by atoms with Crippen molar-refractivity contribution in [2.45, 2.75) is 27.4 Å². The first-order valence-electron chi connectivity index (χ1n) is 8.25. The molecule has 0 heterocycles. The maximum Gasteiger partial charge on any atom is 0.310 e. The van der Waals surface area contributed by atoms with Gasteiger partial charge in [-0.25, -0.2) is 17.6 Å². The molecular weight excluding hydrogens is 378 g/mol. The highest BCUT2D eigenvalue weighted by molar-refractivity contribution is 6.04. The summed E-state index contributed by atoms with van der Waals surface area (Å²) in [5, 5.41) is 8.83. The number of allylic oxidation sites excluding steroid dienone is 3. The van der Waals surface area contributed by atoms with Gasteiger partial charge >= 0.3 is 5.97 Å². The molecule has 2 rings (SSSR count). The van der Waals surface area contributed by atoms with E-state index in [-0.39, 0.29) is 5.92 Å². The molecule has 0 aromatic heterocycles. The van der Waals surface area contributed by atoms with Crippen LogP contribution in [-0.2, 0) is 16.1 Å². The third-order valence-corrected chi connectivity index (χ3v) is 4.92. The van der Waals surface area contributed by atoms with Crippen molar-refractivity contribution >= 4 is 11.8 Å². The van der Waals surface area contributed by atoms with Crippen LogP contribution in [0, 0.1) is 51.9 Å². The van der Waals surface area contributed by atoms with Gasteiger partial charge in [0.15, 0.2) is 29.1 Å². The molecule has 0 radical (unpaired) electrons. The number of benzene rings is 1. The van der Waals surface area contributed by atoms with E-state index in [9.17, 15) is 27.2 Å². The van der Waals surface area contributed by atoms with E-state index in [1.54, 1.807) is 26.8 Å². The zero-order chi connectivity index (χ0) is 21.4. The molecule has 1 aliphatic carbocycles. The highest BCUT2D eigenvalue weighted by Gasteiger charge is 2.61. The molecule has 1 aliphatic rings. The number of carbonyl (C=O) groups excluding carboxylic acids is 2. The Kier molecular flexibility index (Phi) is 5.78. The number of halogens is 4. The molecule has 1 aromatic carbocycles. The van der Waals surface area contributed by atoms with Crippen LogP contribution in [-0.4, -0.2) is 11.8 Å². The van der Waals surface area contributed by atoms with Crippen LogP contribution in [0.25, 0.3) is 0 Å². The van der Waals surface area contributed by atoms with E-state index in [0.29, 0.717) is 11.6 Å². The third kappa shape index (κ3) is 3.57. The summed E-state index contributed by atoms with van der Waals surface area (Å²) in [5.74, 6) is -10.5. The molecule has 0 amide bonds. The zero-order valence-electron chi connectivity index (χ0n) is 15.4. The van der Waals surface area contributed by atoms with Crippen molar-refractivity contribution in [1.29, 1.82) is 5.26 Å². The lowest BCUT2D eigenvalue weighted by Crippen LogP contribution is -2.16. The quantitative estimate of drug-likeness (QED) is 0.179.